The summed E-state index contributed by atoms with van der Waals surface area (Å²) in [5.41, 5.74) is 6.55. The Labute approximate surface area is 175 Å². The van der Waals surface area contributed by atoms with Crippen LogP contribution in [0, 0.1) is 5.82 Å². The standard InChI is InChI=1S/C25H24F3NO/c1-29-22(17-30-23-13-11-21(26)12-14-23)15-18-5-2-3-6-19(10-9-18)20-7-4-8-24(27)25(28)16-20/h2,6,9-16,29H,4-5,7-8,17H2,1H3/b18-9+,19-10+,22-15-. The van der Waals surface area contributed by atoms with Gasteiger partial charge in [-0.15, -0.1) is 5.73 Å². The first-order valence-corrected chi connectivity index (χ1v) is 9.88. The Hall–Kier alpha value is -3.17. The Morgan fingerprint density at radius 3 is 2.70 bits per heavy atom. The van der Waals surface area contributed by atoms with Gasteiger partial charge in [0.2, 0.25) is 0 Å². The number of halogens is 3. The normalized spacial score (nSPS) is 20.9. The number of benzene rings is 1. The van der Waals surface area contributed by atoms with Crippen LogP contribution in [0.2, 0.25) is 0 Å². The summed E-state index contributed by atoms with van der Waals surface area (Å²) in [7, 11) is 1.81. The van der Waals surface area contributed by atoms with Gasteiger partial charge in [-0.3, -0.25) is 0 Å². The molecule has 0 atom stereocenters. The topological polar surface area (TPSA) is 21.3 Å². The average molecular weight is 411 g/mol. The molecule has 0 heterocycles. The molecule has 1 aromatic rings. The van der Waals surface area contributed by atoms with Gasteiger partial charge in [0.1, 0.15) is 24.0 Å². The summed E-state index contributed by atoms with van der Waals surface area (Å²) in [5.74, 6) is -1.20. The van der Waals surface area contributed by atoms with Crippen molar-refractivity contribution in [1.82, 2.24) is 5.32 Å². The monoisotopic (exact) mass is 411 g/mol. The molecule has 1 aromatic carbocycles. The lowest BCUT2D eigenvalue weighted by Crippen LogP contribution is -2.14. The van der Waals surface area contributed by atoms with Crippen LogP contribution < -0.4 is 10.1 Å². The lowest BCUT2D eigenvalue weighted by molar-refractivity contribution is 0.344. The fourth-order valence-corrected chi connectivity index (χ4v) is 3.13. The molecule has 0 aliphatic heterocycles. The molecular formula is C25H24F3NO. The molecule has 0 saturated heterocycles. The summed E-state index contributed by atoms with van der Waals surface area (Å²) < 4.78 is 46.1. The van der Waals surface area contributed by atoms with Crippen LogP contribution in [0.25, 0.3) is 0 Å². The molecule has 0 radical (unpaired) electrons. The number of hydrogen-bond donors (Lipinski definition) is 1. The summed E-state index contributed by atoms with van der Waals surface area (Å²) in [6.45, 7) is 0.302. The van der Waals surface area contributed by atoms with Gasteiger partial charge in [0.25, 0.3) is 0 Å². The van der Waals surface area contributed by atoms with Gasteiger partial charge in [-0.2, -0.15) is 0 Å². The van der Waals surface area contributed by atoms with Crippen LogP contribution in [0.15, 0.2) is 101 Å². The van der Waals surface area contributed by atoms with E-state index in [4.69, 9.17) is 4.74 Å². The predicted octanol–water partition coefficient (Wildman–Crippen LogP) is 6.54. The van der Waals surface area contributed by atoms with Crippen molar-refractivity contribution in [3.8, 4) is 5.75 Å². The SMILES string of the molecule is CN\C(=C/C1=C/C=C(/C2=CC(F)=C(F)CCC2)C=C=CC1)COc1ccc(F)cc1. The van der Waals surface area contributed by atoms with Crippen molar-refractivity contribution in [3.63, 3.8) is 0 Å². The number of ether oxygens (including phenoxy) is 1. The maximum absolute atomic E-state index is 13.9. The fraction of sp³-hybridized carbons (Fsp3) is 0.240. The molecule has 5 heteroatoms. The first-order chi connectivity index (χ1) is 14.5. The highest BCUT2D eigenvalue weighted by atomic mass is 19.2. The first kappa shape index (κ1) is 21.5. The Balaban J connectivity index is 1.77. The minimum absolute atomic E-state index is 0.127. The van der Waals surface area contributed by atoms with E-state index in [1.165, 1.54) is 18.2 Å². The summed E-state index contributed by atoms with van der Waals surface area (Å²) >= 11 is 0. The third kappa shape index (κ3) is 6.16. The Kier molecular flexibility index (Phi) is 7.58. The minimum atomic E-state index is -0.789. The van der Waals surface area contributed by atoms with Gasteiger partial charge >= 0.3 is 0 Å². The van der Waals surface area contributed by atoms with Crippen LogP contribution in [0.1, 0.15) is 25.7 Å². The Morgan fingerprint density at radius 1 is 1.13 bits per heavy atom. The van der Waals surface area contributed by atoms with Gasteiger partial charge in [-0.1, -0.05) is 12.2 Å². The minimum Gasteiger partial charge on any atom is -0.487 e. The molecule has 0 bridgehead atoms. The highest BCUT2D eigenvalue weighted by Crippen LogP contribution is 2.29. The number of rotatable bonds is 6. The molecule has 0 unspecified atom stereocenters. The second kappa shape index (κ2) is 10.6. The second-order valence-electron chi connectivity index (χ2n) is 7.02. The first-order valence-electron chi connectivity index (χ1n) is 9.88. The maximum atomic E-state index is 13.9. The molecule has 0 fully saturated rings. The third-order valence-corrected chi connectivity index (χ3v) is 4.83. The van der Waals surface area contributed by atoms with Gasteiger partial charge in [-0.05, 0) is 84.6 Å². The zero-order chi connectivity index (χ0) is 21.3. The summed E-state index contributed by atoms with van der Waals surface area (Å²) in [6, 6.07) is 5.87. The van der Waals surface area contributed by atoms with E-state index in [1.54, 1.807) is 25.3 Å². The van der Waals surface area contributed by atoms with Gasteiger partial charge in [-0.25, -0.2) is 13.2 Å². The van der Waals surface area contributed by atoms with Crippen LogP contribution in [0.3, 0.4) is 0 Å². The van der Waals surface area contributed by atoms with E-state index in [-0.39, 0.29) is 12.2 Å². The van der Waals surface area contributed by atoms with E-state index < -0.39 is 11.7 Å². The van der Waals surface area contributed by atoms with Crippen molar-refractivity contribution in [3.05, 3.63) is 106 Å². The van der Waals surface area contributed by atoms with E-state index in [1.807, 2.05) is 24.3 Å². The summed E-state index contributed by atoms with van der Waals surface area (Å²) in [4.78, 5) is 0. The highest BCUT2D eigenvalue weighted by molar-refractivity contribution is 5.47. The fourth-order valence-electron chi connectivity index (χ4n) is 3.13. The molecule has 2 aliphatic carbocycles. The molecular weight excluding hydrogens is 387 g/mol. The second-order valence-corrected chi connectivity index (χ2v) is 7.02. The largest absolute Gasteiger partial charge is 0.487 e. The number of hydrogen-bond acceptors (Lipinski definition) is 2. The predicted molar refractivity (Wildman–Crippen MR) is 114 cm³/mol. The average Bonchev–Trinajstić information content (AvgIpc) is 2.89. The zero-order valence-electron chi connectivity index (χ0n) is 16.9. The lowest BCUT2D eigenvalue weighted by Gasteiger charge is -2.11. The van der Waals surface area contributed by atoms with Gasteiger partial charge < -0.3 is 10.1 Å². The Morgan fingerprint density at radius 2 is 1.93 bits per heavy atom. The van der Waals surface area contributed by atoms with E-state index >= 15 is 0 Å². The quantitative estimate of drug-likeness (QED) is 0.537. The zero-order valence-corrected chi connectivity index (χ0v) is 16.9. The van der Waals surface area contributed by atoms with Crippen molar-refractivity contribution in [2.45, 2.75) is 25.7 Å². The smallest absolute Gasteiger partial charge is 0.154 e. The van der Waals surface area contributed by atoms with E-state index in [9.17, 15) is 13.2 Å². The molecule has 0 aromatic heterocycles. The number of nitrogens with one attached hydrogen (secondary N) is 1. The molecule has 2 nitrogen and oxygen atoms in total. The van der Waals surface area contributed by atoms with E-state index in [0.717, 1.165) is 22.4 Å². The van der Waals surface area contributed by atoms with Gasteiger partial charge in [0, 0.05) is 19.2 Å². The maximum Gasteiger partial charge on any atom is 0.154 e. The third-order valence-electron chi connectivity index (χ3n) is 4.83. The van der Waals surface area contributed by atoms with Crippen molar-refractivity contribution in [2.24, 2.45) is 0 Å². The van der Waals surface area contributed by atoms with Crippen molar-refractivity contribution in [2.75, 3.05) is 13.7 Å². The van der Waals surface area contributed by atoms with Crippen molar-refractivity contribution >= 4 is 0 Å². The van der Waals surface area contributed by atoms with Crippen LogP contribution in [-0.4, -0.2) is 13.7 Å². The van der Waals surface area contributed by atoms with E-state index in [0.29, 0.717) is 31.6 Å². The molecule has 0 spiro atoms. The summed E-state index contributed by atoms with van der Waals surface area (Å²) in [6.07, 6.45) is 12.8. The number of likely N-dealkylation sites (N-methyl/N-ethyl adjacent to an activating group) is 1. The van der Waals surface area contributed by atoms with Crippen LogP contribution in [0.5, 0.6) is 5.75 Å². The molecule has 3 rings (SSSR count). The summed E-state index contributed by atoms with van der Waals surface area (Å²) in [5, 5.41) is 3.11. The molecule has 156 valence electrons. The highest BCUT2D eigenvalue weighted by Gasteiger charge is 2.13. The molecule has 0 amide bonds. The van der Waals surface area contributed by atoms with Crippen molar-refractivity contribution in [1.29, 1.82) is 0 Å². The molecule has 2 aliphatic rings. The Bertz CT molecular complexity index is 988. The van der Waals surface area contributed by atoms with Gasteiger partial charge in [0.05, 0.1) is 0 Å². The van der Waals surface area contributed by atoms with E-state index in [2.05, 4.69) is 11.0 Å². The number of allylic oxidation sites excluding steroid dienone is 10. The van der Waals surface area contributed by atoms with Crippen LogP contribution >= 0.6 is 0 Å². The molecule has 1 N–H and O–H groups in total. The molecule has 0 saturated carbocycles. The van der Waals surface area contributed by atoms with Crippen LogP contribution in [-0.2, 0) is 0 Å². The van der Waals surface area contributed by atoms with Crippen molar-refractivity contribution < 1.29 is 17.9 Å². The molecule has 30 heavy (non-hydrogen) atoms. The van der Waals surface area contributed by atoms with Crippen LogP contribution in [0.4, 0.5) is 13.2 Å². The van der Waals surface area contributed by atoms with Gasteiger partial charge in [0.15, 0.2) is 5.83 Å². The lowest BCUT2D eigenvalue weighted by atomic mass is 9.98.